The fraction of sp³-hybridized carbons (Fsp3) is 0.385. The molecule has 0 aromatic heterocycles. The standard InChI is InChI=1S/C13H16O7/c1-17-9-6-8(13(15)16)7-10(18-2)12(9)20-5-4-11(14)19-3/h6-7H,4-5H2,1-3H3,(H,15,16). The smallest absolute Gasteiger partial charge is 0.335 e. The van der Waals surface area contributed by atoms with E-state index in [2.05, 4.69) is 4.74 Å². The third kappa shape index (κ3) is 3.78. The fourth-order valence-electron chi connectivity index (χ4n) is 1.48. The average molecular weight is 284 g/mol. The highest BCUT2D eigenvalue weighted by Crippen LogP contribution is 2.38. The maximum Gasteiger partial charge on any atom is 0.335 e. The summed E-state index contributed by atoms with van der Waals surface area (Å²) in [4.78, 5) is 22.0. The second-order valence-electron chi connectivity index (χ2n) is 3.69. The van der Waals surface area contributed by atoms with Crippen LogP contribution in [0.3, 0.4) is 0 Å². The molecule has 0 aliphatic heterocycles. The van der Waals surface area contributed by atoms with Crippen molar-refractivity contribution in [3.8, 4) is 17.2 Å². The van der Waals surface area contributed by atoms with Gasteiger partial charge in [-0.2, -0.15) is 0 Å². The molecule has 0 saturated carbocycles. The van der Waals surface area contributed by atoms with Gasteiger partial charge in [0.1, 0.15) is 0 Å². The number of hydrogen-bond donors (Lipinski definition) is 1. The number of carboxylic acids is 1. The van der Waals surface area contributed by atoms with E-state index in [9.17, 15) is 9.59 Å². The van der Waals surface area contributed by atoms with E-state index in [0.29, 0.717) is 0 Å². The third-order valence-electron chi connectivity index (χ3n) is 2.49. The lowest BCUT2D eigenvalue weighted by Crippen LogP contribution is -2.09. The molecule has 7 heteroatoms. The Bertz CT molecular complexity index is 470. The highest BCUT2D eigenvalue weighted by atomic mass is 16.5. The summed E-state index contributed by atoms with van der Waals surface area (Å²) in [5, 5.41) is 8.98. The third-order valence-corrected chi connectivity index (χ3v) is 2.49. The van der Waals surface area contributed by atoms with Gasteiger partial charge in [0.05, 0.1) is 39.9 Å². The highest BCUT2D eigenvalue weighted by Gasteiger charge is 2.17. The molecule has 0 fully saturated rings. The van der Waals surface area contributed by atoms with Crippen LogP contribution in [0, 0.1) is 0 Å². The van der Waals surface area contributed by atoms with E-state index in [1.165, 1.54) is 33.5 Å². The van der Waals surface area contributed by atoms with Crippen LogP contribution in [0.5, 0.6) is 17.2 Å². The molecule has 0 amide bonds. The molecule has 0 atom stereocenters. The SMILES string of the molecule is COC(=O)CCOc1c(OC)cc(C(=O)O)cc1OC. The Morgan fingerprint density at radius 3 is 2.05 bits per heavy atom. The minimum Gasteiger partial charge on any atom is -0.493 e. The van der Waals surface area contributed by atoms with Crippen molar-refractivity contribution in [2.45, 2.75) is 6.42 Å². The molecule has 20 heavy (non-hydrogen) atoms. The Kier molecular flexibility index (Phi) is 5.64. The quantitative estimate of drug-likeness (QED) is 0.755. The molecule has 0 aliphatic rings. The molecule has 110 valence electrons. The number of carboxylic acid groups (broad SMARTS) is 1. The number of benzene rings is 1. The van der Waals surface area contributed by atoms with Crippen molar-refractivity contribution in [1.82, 2.24) is 0 Å². The Hall–Kier alpha value is -2.44. The Labute approximate surface area is 116 Å². The van der Waals surface area contributed by atoms with Crippen LogP contribution in [0.2, 0.25) is 0 Å². The number of hydrogen-bond acceptors (Lipinski definition) is 6. The van der Waals surface area contributed by atoms with Gasteiger partial charge in [-0.1, -0.05) is 0 Å². The summed E-state index contributed by atoms with van der Waals surface area (Å²) in [7, 11) is 4.05. The van der Waals surface area contributed by atoms with Gasteiger partial charge < -0.3 is 24.1 Å². The molecule has 0 aliphatic carbocycles. The molecule has 0 unspecified atom stereocenters. The van der Waals surface area contributed by atoms with Gasteiger partial charge in [0.15, 0.2) is 11.5 Å². The van der Waals surface area contributed by atoms with Crippen LogP contribution in [0.15, 0.2) is 12.1 Å². The summed E-state index contributed by atoms with van der Waals surface area (Å²) >= 11 is 0. The van der Waals surface area contributed by atoms with Gasteiger partial charge in [-0.05, 0) is 12.1 Å². The van der Waals surface area contributed by atoms with Gasteiger partial charge in [0, 0.05) is 0 Å². The summed E-state index contributed by atoms with van der Waals surface area (Å²) in [6, 6.07) is 2.64. The van der Waals surface area contributed by atoms with Gasteiger partial charge in [-0.15, -0.1) is 0 Å². The van der Waals surface area contributed by atoms with E-state index in [1.807, 2.05) is 0 Å². The largest absolute Gasteiger partial charge is 0.493 e. The van der Waals surface area contributed by atoms with Crippen LogP contribution in [-0.2, 0) is 9.53 Å². The molecule has 0 spiro atoms. The van der Waals surface area contributed by atoms with Crippen molar-refractivity contribution in [3.63, 3.8) is 0 Å². The normalized spacial score (nSPS) is 9.75. The van der Waals surface area contributed by atoms with E-state index < -0.39 is 11.9 Å². The van der Waals surface area contributed by atoms with Gasteiger partial charge >= 0.3 is 11.9 Å². The number of methoxy groups -OCH3 is 3. The molecular weight excluding hydrogens is 268 g/mol. The van der Waals surface area contributed by atoms with Gasteiger partial charge in [0.2, 0.25) is 5.75 Å². The van der Waals surface area contributed by atoms with Gasteiger partial charge in [0.25, 0.3) is 0 Å². The molecular formula is C13H16O7. The zero-order valence-electron chi connectivity index (χ0n) is 11.5. The minimum absolute atomic E-state index is 0.0130. The number of aromatic carboxylic acids is 1. The van der Waals surface area contributed by atoms with Gasteiger partial charge in [-0.25, -0.2) is 4.79 Å². The average Bonchev–Trinajstić information content (AvgIpc) is 2.46. The number of rotatable bonds is 7. The van der Waals surface area contributed by atoms with Crippen LogP contribution >= 0.6 is 0 Å². The maximum absolute atomic E-state index is 11.0. The van der Waals surface area contributed by atoms with E-state index >= 15 is 0 Å². The summed E-state index contributed by atoms with van der Waals surface area (Å²) in [5.74, 6) is -0.852. The molecule has 0 heterocycles. The van der Waals surface area contributed by atoms with Crippen molar-refractivity contribution in [1.29, 1.82) is 0 Å². The van der Waals surface area contributed by atoms with Crippen molar-refractivity contribution >= 4 is 11.9 Å². The first-order valence-corrected chi connectivity index (χ1v) is 5.72. The first-order chi connectivity index (χ1) is 9.53. The predicted molar refractivity (Wildman–Crippen MR) is 68.6 cm³/mol. The fourth-order valence-corrected chi connectivity index (χ4v) is 1.48. The summed E-state index contributed by atoms with van der Waals surface area (Å²) < 4.78 is 20.1. The van der Waals surface area contributed by atoms with Gasteiger partial charge in [-0.3, -0.25) is 4.79 Å². The van der Waals surface area contributed by atoms with Crippen molar-refractivity contribution < 1.29 is 33.6 Å². The van der Waals surface area contributed by atoms with Crippen molar-refractivity contribution in [2.24, 2.45) is 0 Å². The van der Waals surface area contributed by atoms with E-state index in [4.69, 9.17) is 19.3 Å². The number of ether oxygens (including phenoxy) is 4. The number of esters is 1. The molecule has 0 saturated heterocycles. The summed E-state index contributed by atoms with van der Waals surface area (Å²) in [6.07, 6.45) is 0.0590. The van der Waals surface area contributed by atoms with E-state index in [1.54, 1.807) is 0 Å². The van der Waals surface area contributed by atoms with Crippen LogP contribution in [0.25, 0.3) is 0 Å². The number of carbonyl (C=O) groups is 2. The second-order valence-corrected chi connectivity index (χ2v) is 3.69. The number of carbonyl (C=O) groups excluding carboxylic acids is 1. The monoisotopic (exact) mass is 284 g/mol. The molecule has 1 rings (SSSR count). The van der Waals surface area contributed by atoms with Crippen LogP contribution in [0.1, 0.15) is 16.8 Å². The van der Waals surface area contributed by atoms with E-state index in [0.717, 1.165) is 0 Å². The van der Waals surface area contributed by atoms with Crippen LogP contribution in [0.4, 0.5) is 0 Å². The molecule has 0 bridgehead atoms. The minimum atomic E-state index is -1.11. The molecule has 7 nitrogen and oxygen atoms in total. The Morgan fingerprint density at radius 1 is 1.10 bits per heavy atom. The summed E-state index contributed by atoms with van der Waals surface area (Å²) in [6.45, 7) is 0.0613. The summed E-state index contributed by atoms with van der Waals surface area (Å²) in [5.41, 5.74) is 0.0130. The lowest BCUT2D eigenvalue weighted by Gasteiger charge is -2.14. The predicted octanol–water partition coefficient (Wildman–Crippen LogP) is 1.34. The first-order valence-electron chi connectivity index (χ1n) is 5.72. The highest BCUT2D eigenvalue weighted by molar-refractivity contribution is 5.89. The van der Waals surface area contributed by atoms with Crippen LogP contribution < -0.4 is 14.2 Å². The molecule has 0 radical (unpaired) electrons. The van der Waals surface area contributed by atoms with Crippen molar-refractivity contribution in [2.75, 3.05) is 27.9 Å². The first kappa shape index (κ1) is 15.6. The lowest BCUT2D eigenvalue weighted by atomic mass is 10.2. The van der Waals surface area contributed by atoms with Crippen LogP contribution in [-0.4, -0.2) is 45.0 Å². The molecule has 1 aromatic rings. The second kappa shape index (κ2) is 7.22. The zero-order valence-corrected chi connectivity index (χ0v) is 11.5. The van der Waals surface area contributed by atoms with Crippen molar-refractivity contribution in [3.05, 3.63) is 17.7 Å². The Morgan fingerprint density at radius 2 is 1.65 bits per heavy atom. The molecule has 1 aromatic carbocycles. The maximum atomic E-state index is 11.0. The topological polar surface area (TPSA) is 91.3 Å². The Balaban J connectivity index is 2.98. The lowest BCUT2D eigenvalue weighted by molar-refractivity contribution is -0.141. The van der Waals surface area contributed by atoms with E-state index in [-0.39, 0.29) is 35.8 Å². The zero-order chi connectivity index (χ0) is 15.1. The molecule has 1 N–H and O–H groups in total.